The van der Waals surface area contributed by atoms with E-state index in [1.165, 1.54) is 26.1 Å². The van der Waals surface area contributed by atoms with Crippen LogP contribution in [0, 0.1) is 0 Å². The van der Waals surface area contributed by atoms with Crippen LogP contribution in [0.25, 0.3) is 0 Å². The highest BCUT2D eigenvalue weighted by Gasteiger charge is 2.31. The molecule has 110 valence electrons. The van der Waals surface area contributed by atoms with Crippen LogP contribution in [0.15, 0.2) is 24.3 Å². The van der Waals surface area contributed by atoms with Gasteiger partial charge in [0.25, 0.3) is 0 Å². The van der Waals surface area contributed by atoms with Crippen LogP contribution in [-0.2, 0) is 6.42 Å². The maximum atomic E-state index is 5.88. The molecule has 0 bridgehead atoms. The summed E-state index contributed by atoms with van der Waals surface area (Å²) in [7, 11) is 0. The molecule has 1 aliphatic heterocycles. The standard InChI is InChI=1S/C17H27N3/c1-17(2,13-18)20-9-7-19(8-10-20)12-15-11-14-5-3-4-6-16(14)15/h3-6,15H,7-13,18H2,1-2H3. The van der Waals surface area contributed by atoms with E-state index >= 15 is 0 Å². The van der Waals surface area contributed by atoms with Crippen molar-refractivity contribution in [3.63, 3.8) is 0 Å². The Bertz CT molecular complexity index is 461. The summed E-state index contributed by atoms with van der Waals surface area (Å²) < 4.78 is 0. The van der Waals surface area contributed by atoms with Gasteiger partial charge < -0.3 is 10.6 Å². The first-order valence-electron chi connectivity index (χ1n) is 7.85. The number of nitrogens with zero attached hydrogens (tertiary/aromatic N) is 2. The summed E-state index contributed by atoms with van der Waals surface area (Å²) >= 11 is 0. The Kier molecular flexibility index (Phi) is 3.85. The summed E-state index contributed by atoms with van der Waals surface area (Å²) in [5, 5.41) is 0. The molecule has 2 N–H and O–H groups in total. The fraction of sp³-hybridized carbons (Fsp3) is 0.647. The second-order valence-electron chi connectivity index (χ2n) is 6.90. The average molecular weight is 273 g/mol. The molecule has 2 aliphatic rings. The summed E-state index contributed by atoms with van der Waals surface area (Å²) in [5.74, 6) is 0.764. The summed E-state index contributed by atoms with van der Waals surface area (Å²) in [6, 6.07) is 8.90. The molecule has 3 rings (SSSR count). The van der Waals surface area contributed by atoms with Crippen molar-refractivity contribution in [2.24, 2.45) is 5.73 Å². The minimum Gasteiger partial charge on any atom is -0.329 e. The zero-order chi connectivity index (χ0) is 14.2. The molecule has 1 unspecified atom stereocenters. The van der Waals surface area contributed by atoms with Crippen molar-refractivity contribution in [3.05, 3.63) is 35.4 Å². The first kappa shape index (κ1) is 14.1. The van der Waals surface area contributed by atoms with Gasteiger partial charge in [-0.25, -0.2) is 0 Å². The van der Waals surface area contributed by atoms with Gasteiger partial charge in [0, 0.05) is 50.7 Å². The van der Waals surface area contributed by atoms with Crippen LogP contribution in [0.2, 0.25) is 0 Å². The van der Waals surface area contributed by atoms with E-state index < -0.39 is 0 Å². The monoisotopic (exact) mass is 273 g/mol. The SMILES string of the molecule is CC(C)(CN)N1CCN(CC2Cc3ccccc32)CC1. The molecule has 1 heterocycles. The minimum absolute atomic E-state index is 0.148. The Morgan fingerprint density at radius 2 is 1.85 bits per heavy atom. The van der Waals surface area contributed by atoms with Crippen LogP contribution < -0.4 is 5.73 Å². The molecular weight excluding hydrogens is 246 g/mol. The number of hydrogen-bond acceptors (Lipinski definition) is 3. The fourth-order valence-electron chi connectivity index (χ4n) is 3.50. The van der Waals surface area contributed by atoms with E-state index in [4.69, 9.17) is 5.73 Å². The van der Waals surface area contributed by atoms with Gasteiger partial charge in [0.05, 0.1) is 0 Å². The zero-order valence-corrected chi connectivity index (χ0v) is 12.8. The summed E-state index contributed by atoms with van der Waals surface area (Å²) in [6.07, 6.45) is 1.27. The van der Waals surface area contributed by atoms with E-state index in [0.717, 1.165) is 25.6 Å². The molecule has 0 spiro atoms. The van der Waals surface area contributed by atoms with Crippen molar-refractivity contribution in [2.45, 2.75) is 31.7 Å². The van der Waals surface area contributed by atoms with Gasteiger partial charge in [0.2, 0.25) is 0 Å². The number of nitrogens with two attached hydrogens (primary N) is 1. The number of hydrogen-bond donors (Lipinski definition) is 1. The second-order valence-corrected chi connectivity index (χ2v) is 6.90. The lowest BCUT2D eigenvalue weighted by molar-refractivity contribution is 0.0534. The number of benzene rings is 1. The highest BCUT2D eigenvalue weighted by atomic mass is 15.3. The molecule has 1 aliphatic carbocycles. The van der Waals surface area contributed by atoms with Crippen molar-refractivity contribution < 1.29 is 0 Å². The van der Waals surface area contributed by atoms with E-state index in [1.807, 2.05) is 0 Å². The Morgan fingerprint density at radius 1 is 1.15 bits per heavy atom. The molecule has 3 heteroatoms. The van der Waals surface area contributed by atoms with Crippen molar-refractivity contribution >= 4 is 0 Å². The van der Waals surface area contributed by atoms with Gasteiger partial charge in [0.15, 0.2) is 0 Å². The number of rotatable bonds is 4. The molecule has 20 heavy (non-hydrogen) atoms. The van der Waals surface area contributed by atoms with Crippen LogP contribution in [0.5, 0.6) is 0 Å². The minimum atomic E-state index is 0.148. The molecule has 1 aromatic carbocycles. The van der Waals surface area contributed by atoms with Gasteiger partial charge in [-0.3, -0.25) is 4.90 Å². The Labute approximate surface area is 122 Å². The van der Waals surface area contributed by atoms with Crippen LogP contribution >= 0.6 is 0 Å². The Hall–Kier alpha value is -0.900. The zero-order valence-electron chi connectivity index (χ0n) is 12.8. The van der Waals surface area contributed by atoms with Crippen molar-refractivity contribution in [1.82, 2.24) is 9.80 Å². The molecule has 0 radical (unpaired) electrons. The van der Waals surface area contributed by atoms with Gasteiger partial charge in [-0.05, 0) is 31.4 Å². The second kappa shape index (κ2) is 5.47. The molecular formula is C17H27N3. The van der Waals surface area contributed by atoms with Gasteiger partial charge in [0.1, 0.15) is 0 Å². The van der Waals surface area contributed by atoms with Crippen molar-refractivity contribution in [3.8, 4) is 0 Å². The lowest BCUT2D eigenvalue weighted by atomic mass is 9.77. The van der Waals surface area contributed by atoms with Gasteiger partial charge in [-0.2, -0.15) is 0 Å². The van der Waals surface area contributed by atoms with E-state index in [0.29, 0.717) is 0 Å². The third-order valence-corrected chi connectivity index (χ3v) is 5.17. The highest BCUT2D eigenvalue weighted by molar-refractivity contribution is 5.40. The van der Waals surface area contributed by atoms with Crippen molar-refractivity contribution in [2.75, 3.05) is 39.3 Å². The van der Waals surface area contributed by atoms with E-state index in [-0.39, 0.29) is 5.54 Å². The lowest BCUT2D eigenvalue weighted by Crippen LogP contribution is -2.57. The molecule has 0 saturated carbocycles. The lowest BCUT2D eigenvalue weighted by Gasteiger charge is -2.45. The predicted molar refractivity (Wildman–Crippen MR) is 84.0 cm³/mol. The molecule has 1 fully saturated rings. The van der Waals surface area contributed by atoms with Gasteiger partial charge in [-0.15, -0.1) is 0 Å². The molecule has 1 aromatic rings. The quantitative estimate of drug-likeness (QED) is 0.906. The molecule has 0 amide bonds. The van der Waals surface area contributed by atoms with Crippen molar-refractivity contribution in [1.29, 1.82) is 0 Å². The van der Waals surface area contributed by atoms with Crippen LogP contribution in [-0.4, -0.2) is 54.6 Å². The van der Waals surface area contributed by atoms with Gasteiger partial charge >= 0.3 is 0 Å². The highest BCUT2D eigenvalue weighted by Crippen LogP contribution is 2.35. The summed E-state index contributed by atoms with van der Waals surface area (Å²) in [5.41, 5.74) is 9.17. The maximum Gasteiger partial charge on any atom is 0.0276 e. The smallest absolute Gasteiger partial charge is 0.0276 e. The topological polar surface area (TPSA) is 32.5 Å². The van der Waals surface area contributed by atoms with Crippen LogP contribution in [0.3, 0.4) is 0 Å². The maximum absolute atomic E-state index is 5.88. The predicted octanol–water partition coefficient (Wildman–Crippen LogP) is 1.68. The first-order chi connectivity index (χ1) is 9.60. The number of fused-ring (bicyclic) bond motifs is 1. The first-order valence-corrected chi connectivity index (χ1v) is 7.85. The van der Waals surface area contributed by atoms with E-state index in [9.17, 15) is 0 Å². The Balaban J connectivity index is 1.51. The van der Waals surface area contributed by atoms with E-state index in [1.54, 1.807) is 11.1 Å². The van der Waals surface area contributed by atoms with Gasteiger partial charge in [-0.1, -0.05) is 24.3 Å². The fourth-order valence-corrected chi connectivity index (χ4v) is 3.50. The largest absolute Gasteiger partial charge is 0.329 e. The average Bonchev–Trinajstić information content (AvgIpc) is 2.45. The third kappa shape index (κ3) is 2.62. The summed E-state index contributed by atoms with van der Waals surface area (Å²) in [4.78, 5) is 5.17. The molecule has 0 aromatic heterocycles. The summed E-state index contributed by atoms with van der Waals surface area (Å²) in [6.45, 7) is 11.1. The van der Waals surface area contributed by atoms with Crippen LogP contribution in [0.1, 0.15) is 30.9 Å². The number of piperazine rings is 1. The normalized spacial score (nSPS) is 24.2. The van der Waals surface area contributed by atoms with E-state index in [2.05, 4.69) is 47.9 Å². The molecule has 1 atom stereocenters. The Morgan fingerprint density at radius 3 is 2.50 bits per heavy atom. The van der Waals surface area contributed by atoms with Crippen LogP contribution in [0.4, 0.5) is 0 Å². The molecule has 3 nitrogen and oxygen atoms in total. The molecule has 1 saturated heterocycles. The third-order valence-electron chi connectivity index (χ3n) is 5.17.